The lowest BCUT2D eigenvalue weighted by Crippen LogP contribution is -2.57. The van der Waals surface area contributed by atoms with Crippen molar-refractivity contribution in [1.29, 1.82) is 0 Å². The number of H-pyrrole nitrogens is 1. The molecule has 0 aliphatic carbocycles. The summed E-state index contributed by atoms with van der Waals surface area (Å²) in [5.74, 6) is -2.53. The number of aliphatic carboxylic acids is 1. The van der Waals surface area contributed by atoms with Gasteiger partial charge in [0.25, 0.3) is 0 Å². The van der Waals surface area contributed by atoms with Gasteiger partial charge < -0.3 is 37.1 Å². The lowest BCUT2D eigenvalue weighted by molar-refractivity contribution is -0.149. The molecular weight excluding hydrogens is 464 g/mol. The molecular formula is C25H36N6O5. The summed E-state index contributed by atoms with van der Waals surface area (Å²) >= 11 is 0. The van der Waals surface area contributed by atoms with Gasteiger partial charge in [0.05, 0.1) is 6.04 Å². The minimum absolute atomic E-state index is 0.180. The standard InChI is InChI=1S/C25H36N6O5/c1-15(27)22(32)30-20(13-16-14-28-18-8-3-2-7-17(16)18)23(33)29-19(9-4-5-11-26)24(34)31-12-6-10-21(31)25(35)36/h2-3,7-8,14-15,19-21,28H,4-6,9-13,26-27H2,1H3,(H,29,33)(H,30,32)(H,35,36)/t15-,19-,20-,21-/m0/s1. The molecule has 196 valence electrons. The molecule has 3 rings (SSSR count). The number of fused-ring (bicyclic) bond motifs is 1. The number of nitrogens with one attached hydrogen (secondary N) is 3. The third-order valence-corrected chi connectivity index (χ3v) is 6.53. The lowest BCUT2D eigenvalue weighted by atomic mass is 10.0. The Morgan fingerprint density at radius 1 is 1.14 bits per heavy atom. The van der Waals surface area contributed by atoms with Crippen molar-refractivity contribution in [2.24, 2.45) is 11.5 Å². The summed E-state index contributed by atoms with van der Waals surface area (Å²) < 4.78 is 0. The number of nitrogens with two attached hydrogens (primary N) is 2. The maximum Gasteiger partial charge on any atom is 0.326 e. The first kappa shape index (κ1) is 27.2. The maximum atomic E-state index is 13.5. The van der Waals surface area contributed by atoms with Crippen molar-refractivity contribution in [2.75, 3.05) is 13.1 Å². The van der Waals surface area contributed by atoms with Crippen LogP contribution in [0.3, 0.4) is 0 Å². The SMILES string of the molecule is C[C@H](N)C(=O)N[C@@H](Cc1c[nH]c2ccccc12)C(=O)N[C@@H](CCCCN)C(=O)N1CCC[C@H]1C(=O)O. The number of likely N-dealkylation sites (tertiary alicyclic amines) is 1. The fourth-order valence-electron chi connectivity index (χ4n) is 4.54. The van der Waals surface area contributed by atoms with E-state index in [-0.39, 0.29) is 6.42 Å². The van der Waals surface area contributed by atoms with Gasteiger partial charge in [-0.1, -0.05) is 18.2 Å². The predicted molar refractivity (Wildman–Crippen MR) is 135 cm³/mol. The Kier molecular flexibility index (Phi) is 9.43. The Balaban J connectivity index is 1.82. The summed E-state index contributed by atoms with van der Waals surface area (Å²) in [4.78, 5) is 55.3. The molecule has 11 heteroatoms. The van der Waals surface area contributed by atoms with E-state index in [1.54, 1.807) is 6.20 Å². The first-order valence-corrected chi connectivity index (χ1v) is 12.4. The highest BCUT2D eigenvalue weighted by Gasteiger charge is 2.38. The van der Waals surface area contributed by atoms with Crippen LogP contribution in [0.2, 0.25) is 0 Å². The van der Waals surface area contributed by atoms with E-state index in [0.29, 0.717) is 45.2 Å². The molecule has 2 heterocycles. The Hall–Kier alpha value is -3.44. The van der Waals surface area contributed by atoms with Gasteiger partial charge in [-0.3, -0.25) is 14.4 Å². The second-order valence-corrected chi connectivity index (χ2v) is 9.29. The van der Waals surface area contributed by atoms with E-state index in [4.69, 9.17) is 11.5 Å². The summed E-state index contributed by atoms with van der Waals surface area (Å²) in [6.45, 7) is 2.28. The molecule has 1 aliphatic rings. The second kappa shape index (κ2) is 12.5. The monoisotopic (exact) mass is 500 g/mol. The van der Waals surface area contributed by atoms with E-state index >= 15 is 0 Å². The van der Waals surface area contributed by atoms with Crippen LogP contribution in [0.25, 0.3) is 10.9 Å². The van der Waals surface area contributed by atoms with Gasteiger partial charge in [0, 0.05) is 30.1 Å². The van der Waals surface area contributed by atoms with Crippen LogP contribution in [0.4, 0.5) is 0 Å². The highest BCUT2D eigenvalue weighted by Crippen LogP contribution is 2.21. The largest absolute Gasteiger partial charge is 0.480 e. The molecule has 36 heavy (non-hydrogen) atoms. The predicted octanol–water partition coefficient (Wildman–Crippen LogP) is 0.232. The van der Waals surface area contributed by atoms with Crippen LogP contribution in [-0.4, -0.2) is 75.9 Å². The van der Waals surface area contributed by atoms with Crippen LogP contribution >= 0.6 is 0 Å². The highest BCUT2D eigenvalue weighted by molar-refractivity contribution is 5.95. The Labute approximate surface area is 210 Å². The van der Waals surface area contributed by atoms with Crippen molar-refractivity contribution in [1.82, 2.24) is 20.5 Å². The number of hydrogen-bond acceptors (Lipinski definition) is 6. The van der Waals surface area contributed by atoms with Gasteiger partial charge >= 0.3 is 5.97 Å². The number of rotatable bonds is 12. The molecule has 1 saturated heterocycles. The number of aromatic amines is 1. The first-order chi connectivity index (χ1) is 17.2. The molecule has 1 aromatic heterocycles. The van der Waals surface area contributed by atoms with E-state index in [9.17, 15) is 24.3 Å². The smallest absolute Gasteiger partial charge is 0.326 e. The molecule has 4 atom stereocenters. The molecule has 0 radical (unpaired) electrons. The number of carbonyl (C=O) groups excluding carboxylic acids is 3. The molecule has 0 unspecified atom stereocenters. The van der Waals surface area contributed by atoms with Crippen molar-refractivity contribution in [2.45, 2.75) is 69.6 Å². The van der Waals surface area contributed by atoms with Gasteiger partial charge in [0.2, 0.25) is 17.7 Å². The van der Waals surface area contributed by atoms with E-state index in [2.05, 4.69) is 15.6 Å². The van der Waals surface area contributed by atoms with Crippen molar-refractivity contribution in [3.63, 3.8) is 0 Å². The third-order valence-electron chi connectivity index (χ3n) is 6.53. The molecule has 0 saturated carbocycles. The van der Waals surface area contributed by atoms with Crippen molar-refractivity contribution >= 4 is 34.6 Å². The van der Waals surface area contributed by atoms with Crippen molar-refractivity contribution in [3.8, 4) is 0 Å². The topological polar surface area (TPSA) is 184 Å². The van der Waals surface area contributed by atoms with Gasteiger partial charge in [-0.15, -0.1) is 0 Å². The summed E-state index contributed by atoms with van der Waals surface area (Å²) in [6.07, 6.45) is 4.47. The average Bonchev–Trinajstić information content (AvgIpc) is 3.50. The minimum atomic E-state index is -1.06. The number of carboxylic acids is 1. The average molecular weight is 501 g/mol. The molecule has 2 aromatic rings. The number of para-hydroxylation sites is 1. The number of carboxylic acid groups (broad SMARTS) is 1. The molecule has 8 N–H and O–H groups in total. The van der Waals surface area contributed by atoms with Crippen LogP contribution in [-0.2, 0) is 25.6 Å². The number of hydrogen-bond donors (Lipinski definition) is 6. The van der Waals surface area contributed by atoms with Gasteiger partial charge in [-0.05, 0) is 57.2 Å². The summed E-state index contributed by atoms with van der Waals surface area (Å²) in [7, 11) is 0. The van der Waals surface area contributed by atoms with Gasteiger partial charge in [-0.2, -0.15) is 0 Å². The fourth-order valence-corrected chi connectivity index (χ4v) is 4.54. The summed E-state index contributed by atoms with van der Waals surface area (Å²) in [6, 6.07) is 3.96. The Bertz CT molecular complexity index is 1080. The highest BCUT2D eigenvalue weighted by atomic mass is 16.4. The van der Waals surface area contributed by atoms with Crippen LogP contribution in [0.15, 0.2) is 30.5 Å². The number of amides is 3. The second-order valence-electron chi connectivity index (χ2n) is 9.29. The Morgan fingerprint density at radius 2 is 1.86 bits per heavy atom. The molecule has 0 bridgehead atoms. The zero-order valence-electron chi connectivity index (χ0n) is 20.5. The van der Waals surface area contributed by atoms with Crippen LogP contribution in [0.1, 0.15) is 44.6 Å². The summed E-state index contributed by atoms with van der Waals surface area (Å²) in [5, 5.41) is 15.9. The maximum absolute atomic E-state index is 13.5. The van der Waals surface area contributed by atoms with Gasteiger partial charge in [-0.25, -0.2) is 4.79 Å². The molecule has 1 fully saturated rings. The quantitative estimate of drug-likeness (QED) is 0.225. The van der Waals surface area contributed by atoms with Gasteiger partial charge in [0.1, 0.15) is 18.1 Å². The molecule has 0 spiro atoms. The number of unbranched alkanes of at least 4 members (excludes halogenated alkanes) is 1. The molecule has 1 aliphatic heterocycles. The van der Waals surface area contributed by atoms with E-state index < -0.39 is 47.9 Å². The van der Waals surface area contributed by atoms with Crippen LogP contribution in [0.5, 0.6) is 0 Å². The Morgan fingerprint density at radius 3 is 2.56 bits per heavy atom. The number of nitrogens with zero attached hydrogens (tertiary/aromatic N) is 1. The van der Waals surface area contributed by atoms with Crippen LogP contribution in [0, 0.1) is 0 Å². The number of aromatic nitrogens is 1. The van der Waals surface area contributed by atoms with Crippen molar-refractivity contribution in [3.05, 3.63) is 36.0 Å². The number of benzene rings is 1. The zero-order chi connectivity index (χ0) is 26.2. The minimum Gasteiger partial charge on any atom is -0.480 e. The van der Waals surface area contributed by atoms with E-state index in [1.165, 1.54) is 11.8 Å². The van der Waals surface area contributed by atoms with Crippen molar-refractivity contribution < 1.29 is 24.3 Å². The fraction of sp³-hybridized carbons (Fsp3) is 0.520. The van der Waals surface area contributed by atoms with E-state index in [0.717, 1.165) is 16.5 Å². The summed E-state index contributed by atoms with van der Waals surface area (Å²) in [5.41, 5.74) is 13.1. The molecule has 11 nitrogen and oxygen atoms in total. The molecule has 3 amide bonds. The number of carbonyl (C=O) groups is 4. The lowest BCUT2D eigenvalue weighted by Gasteiger charge is -2.29. The van der Waals surface area contributed by atoms with E-state index in [1.807, 2.05) is 24.3 Å². The molecule has 1 aromatic carbocycles. The third kappa shape index (κ3) is 6.61. The normalized spacial score (nSPS) is 18.0. The zero-order valence-corrected chi connectivity index (χ0v) is 20.5. The van der Waals surface area contributed by atoms with Crippen LogP contribution < -0.4 is 22.1 Å². The van der Waals surface area contributed by atoms with Gasteiger partial charge in [0.15, 0.2) is 0 Å². The first-order valence-electron chi connectivity index (χ1n) is 12.4.